The summed E-state index contributed by atoms with van der Waals surface area (Å²) in [4.78, 5) is 25.4. The minimum atomic E-state index is -0.783. The minimum Gasteiger partial charge on any atom is -0.458 e. The summed E-state index contributed by atoms with van der Waals surface area (Å²) in [6.45, 7) is 6.74. The van der Waals surface area contributed by atoms with Crippen LogP contribution < -0.4 is 0 Å². The van der Waals surface area contributed by atoms with Crippen molar-refractivity contribution in [2.45, 2.75) is 63.4 Å². The molecule has 0 aromatic carbocycles. The number of Topliss-reactive ketones (excluding diaryl/α,β-unsaturated/α-hetero) is 1. The summed E-state index contributed by atoms with van der Waals surface area (Å²) in [5.74, 6) is 0.263. The number of hydrogen-bond donors (Lipinski definition) is 0. The highest BCUT2D eigenvalue weighted by Crippen LogP contribution is 2.70. The van der Waals surface area contributed by atoms with Crippen LogP contribution in [0.1, 0.15) is 40.0 Å². The molecule has 132 valence electrons. The van der Waals surface area contributed by atoms with E-state index in [2.05, 4.69) is 26.8 Å². The van der Waals surface area contributed by atoms with Gasteiger partial charge in [-0.3, -0.25) is 4.79 Å². The SMILES string of the molecule is CC(C)[C@]12O[C@H]1C=C1[C@@]3(CC(O3)[C@@H]3C4=C(CC[C@]13C)C(=O)OC4)C2=O. The number of carbonyl (C=O) groups is 2. The summed E-state index contributed by atoms with van der Waals surface area (Å²) in [6, 6.07) is 0. The van der Waals surface area contributed by atoms with Gasteiger partial charge < -0.3 is 14.2 Å². The Morgan fingerprint density at radius 2 is 2.00 bits per heavy atom. The maximum Gasteiger partial charge on any atom is 0.334 e. The molecule has 2 bridgehead atoms. The zero-order valence-corrected chi connectivity index (χ0v) is 14.8. The number of cyclic esters (lactones) is 1. The summed E-state index contributed by atoms with van der Waals surface area (Å²) in [5, 5.41) is 0. The molecule has 6 atom stereocenters. The number of epoxide rings is 1. The Labute approximate surface area is 146 Å². The fraction of sp³-hybridized carbons (Fsp3) is 0.700. The third-order valence-corrected chi connectivity index (χ3v) is 7.80. The maximum absolute atomic E-state index is 13.4. The second-order valence-electron chi connectivity index (χ2n) is 9.06. The van der Waals surface area contributed by atoms with Crippen LogP contribution in [0.3, 0.4) is 0 Å². The molecule has 3 saturated heterocycles. The van der Waals surface area contributed by atoms with Crippen LogP contribution in [-0.4, -0.2) is 41.8 Å². The Bertz CT molecular complexity index is 814. The van der Waals surface area contributed by atoms with Gasteiger partial charge in [0.1, 0.15) is 12.7 Å². The van der Waals surface area contributed by atoms with Crippen LogP contribution in [0.25, 0.3) is 0 Å². The molecule has 0 amide bonds. The van der Waals surface area contributed by atoms with Gasteiger partial charge in [-0.05, 0) is 36.0 Å². The third kappa shape index (κ3) is 1.33. The fourth-order valence-corrected chi connectivity index (χ4v) is 6.51. The van der Waals surface area contributed by atoms with Crippen LogP contribution in [0, 0.1) is 17.3 Å². The second-order valence-corrected chi connectivity index (χ2v) is 9.06. The van der Waals surface area contributed by atoms with Gasteiger partial charge in [-0.2, -0.15) is 0 Å². The molecule has 1 spiro atoms. The molecule has 7 rings (SSSR count). The molecule has 4 aliphatic heterocycles. The molecule has 5 heteroatoms. The largest absolute Gasteiger partial charge is 0.458 e. The standard InChI is InChI=1S/C20H22O5/c1-9(2)20-14(25-20)6-13-18(3)5-4-10-11(8-23-16(10)21)15(18)12-7-19(13,24-12)17(20)22/h6,9,12,14-15H,4-5,7-8H2,1-3H3/t12?,14-,15-,18+,19-,20-/m0/s1. The van der Waals surface area contributed by atoms with E-state index < -0.39 is 11.2 Å². The van der Waals surface area contributed by atoms with Gasteiger partial charge in [-0.1, -0.05) is 20.8 Å². The molecule has 0 radical (unpaired) electrons. The Kier molecular flexibility index (Phi) is 2.31. The van der Waals surface area contributed by atoms with Gasteiger partial charge in [0.2, 0.25) is 5.78 Å². The molecule has 1 saturated carbocycles. The highest BCUT2D eigenvalue weighted by Gasteiger charge is 2.79. The van der Waals surface area contributed by atoms with Crippen molar-refractivity contribution in [3.05, 3.63) is 22.8 Å². The highest BCUT2D eigenvalue weighted by atomic mass is 16.6. The molecule has 5 nitrogen and oxygen atoms in total. The van der Waals surface area contributed by atoms with Crippen molar-refractivity contribution in [1.29, 1.82) is 0 Å². The number of hydrogen-bond acceptors (Lipinski definition) is 5. The highest BCUT2D eigenvalue weighted by molar-refractivity contribution is 6.04. The molecule has 7 aliphatic rings. The molecule has 4 heterocycles. The average molecular weight is 342 g/mol. The summed E-state index contributed by atoms with van der Waals surface area (Å²) in [6.07, 6.45) is 4.39. The average Bonchev–Trinajstić information content (AvgIpc) is 3.17. The van der Waals surface area contributed by atoms with Gasteiger partial charge >= 0.3 is 5.97 Å². The lowest BCUT2D eigenvalue weighted by molar-refractivity contribution is -0.247. The smallest absolute Gasteiger partial charge is 0.334 e. The first-order chi connectivity index (χ1) is 11.8. The van der Waals surface area contributed by atoms with E-state index in [0.29, 0.717) is 13.0 Å². The second kappa shape index (κ2) is 3.94. The van der Waals surface area contributed by atoms with Crippen molar-refractivity contribution in [3.63, 3.8) is 0 Å². The Balaban J connectivity index is 1.51. The monoisotopic (exact) mass is 342 g/mol. The van der Waals surface area contributed by atoms with Crippen LogP contribution in [0.15, 0.2) is 22.8 Å². The Morgan fingerprint density at radius 3 is 2.72 bits per heavy atom. The molecule has 4 fully saturated rings. The van der Waals surface area contributed by atoms with Crippen LogP contribution in [0.4, 0.5) is 0 Å². The molecule has 0 aromatic heterocycles. The lowest BCUT2D eigenvalue weighted by atomic mass is 9.46. The minimum absolute atomic E-state index is 0.00501. The van der Waals surface area contributed by atoms with Crippen LogP contribution >= 0.6 is 0 Å². The van der Waals surface area contributed by atoms with E-state index in [1.807, 2.05) is 0 Å². The first-order valence-electron chi connectivity index (χ1n) is 9.37. The van der Waals surface area contributed by atoms with Crippen molar-refractivity contribution < 1.29 is 23.8 Å². The van der Waals surface area contributed by atoms with E-state index in [1.54, 1.807) is 0 Å². The van der Waals surface area contributed by atoms with E-state index >= 15 is 0 Å². The number of carbonyl (C=O) groups excluding carboxylic acids is 2. The zero-order valence-electron chi connectivity index (χ0n) is 14.8. The van der Waals surface area contributed by atoms with Gasteiger partial charge in [-0.25, -0.2) is 4.79 Å². The predicted octanol–water partition coefficient (Wildman–Crippen LogP) is 2.10. The molecule has 0 N–H and O–H groups in total. The lowest BCUT2D eigenvalue weighted by Crippen LogP contribution is -2.73. The molecule has 25 heavy (non-hydrogen) atoms. The summed E-state index contributed by atoms with van der Waals surface area (Å²) in [5.41, 5.74) is 1.48. The molecular weight excluding hydrogens is 320 g/mol. The van der Waals surface area contributed by atoms with E-state index in [1.165, 1.54) is 0 Å². The topological polar surface area (TPSA) is 65.1 Å². The lowest BCUT2D eigenvalue weighted by Gasteiger charge is -2.66. The van der Waals surface area contributed by atoms with Gasteiger partial charge in [0.05, 0.1) is 6.10 Å². The van der Waals surface area contributed by atoms with Gasteiger partial charge in [-0.15, -0.1) is 0 Å². The maximum atomic E-state index is 13.4. The number of fused-ring (bicyclic) bond motifs is 1. The summed E-state index contributed by atoms with van der Waals surface area (Å²) in [7, 11) is 0. The van der Waals surface area contributed by atoms with E-state index in [9.17, 15) is 9.59 Å². The molecule has 0 aromatic rings. The molecular formula is C20H22O5. The van der Waals surface area contributed by atoms with Gasteiger partial charge in [0.25, 0.3) is 0 Å². The number of rotatable bonds is 1. The van der Waals surface area contributed by atoms with E-state index in [-0.39, 0.29) is 41.2 Å². The number of esters is 1. The Hall–Kier alpha value is -1.46. The van der Waals surface area contributed by atoms with Crippen LogP contribution in [-0.2, 0) is 23.8 Å². The van der Waals surface area contributed by atoms with Crippen molar-refractivity contribution >= 4 is 11.8 Å². The first kappa shape index (κ1) is 14.7. The van der Waals surface area contributed by atoms with Crippen molar-refractivity contribution in [2.24, 2.45) is 17.3 Å². The van der Waals surface area contributed by atoms with Crippen molar-refractivity contribution in [2.75, 3.05) is 6.61 Å². The van der Waals surface area contributed by atoms with Crippen molar-refractivity contribution in [3.8, 4) is 0 Å². The number of ether oxygens (including phenoxy) is 3. The van der Waals surface area contributed by atoms with Gasteiger partial charge in [0, 0.05) is 23.3 Å². The van der Waals surface area contributed by atoms with E-state index in [4.69, 9.17) is 14.2 Å². The van der Waals surface area contributed by atoms with E-state index in [0.717, 1.165) is 29.6 Å². The van der Waals surface area contributed by atoms with Crippen molar-refractivity contribution in [1.82, 2.24) is 0 Å². The van der Waals surface area contributed by atoms with Gasteiger partial charge in [0.15, 0.2) is 11.2 Å². The normalized spacial score (nSPS) is 51.8. The molecule has 3 aliphatic carbocycles. The third-order valence-electron chi connectivity index (χ3n) is 7.80. The summed E-state index contributed by atoms with van der Waals surface area (Å²) >= 11 is 0. The van der Waals surface area contributed by atoms with Crippen LogP contribution in [0.5, 0.6) is 0 Å². The molecule has 1 unspecified atom stereocenters. The quantitative estimate of drug-likeness (QED) is 0.415. The predicted molar refractivity (Wildman–Crippen MR) is 86.6 cm³/mol. The fourth-order valence-electron chi connectivity index (χ4n) is 6.51. The Morgan fingerprint density at radius 1 is 1.24 bits per heavy atom. The number of ketones is 1. The zero-order chi connectivity index (χ0) is 17.4. The van der Waals surface area contributed by atoms with Crippen LogP contribution in [0.2, 0.25) is 0 Å². The summed E-state index contributed by atoms with van der Waals surface area (Å²) < 4.78 is 17.6. The first-order valence-corrected chi connectivity index (χ1v) is 9.37.